The number of nitrogens with zero attached hydrogens (tertiary/aromatic N) is 4. The van der Waals surface area contributed by atoms with Crippen LogP contribution in [0.1, 0.15) is 12.0 Å². The first-order valence-corrected chi connectivity index (χ1v) is 10.0. The number of H-pyrrole nitrogens is 2. The van der Waals surface area contributed by atoms with Crippen LogP contribution in [0.25, 0.3) is 50.3 Å². The SMILES string of the molecule is C1=C(c2ccc3[nH]nc(-c4nc5nccc(-c6ccncc6)c5[nH]4)c3c2)CCNC1. The summed E-state index contributed by atoms with van der Waals surface area (Å²) in [6.45, 7) is 1.92. The van der Waals surface area contributed by atoms with E-state index in [0.717, 1.165) is 52.8 Å². The van der Waals surface area contributed by atoms with E-state index < -0.39 is 0 Å². The summed E-state index contributed by atoms with van der Waals surface area (Å²) in [4.78, 5) is 16.8. The van der Waals surface area contributed by atoms with Gasteiger partial charge in [0, 0.05) is 36.1 Å². The standard InChI is InChI=1S/C23H19N7/c1-2-19-18(13-16(1)14-3-8-24-9-4-14)21(30-29-19)23-27-20-17(7-12-26-22(20)28-23)15-5-10-25-11-6-15/h1-3,5-7,10-13,24H,4,8-9H2,(H,29,30)(H,26,27,28). The Hall–Kier alpha value is -3.84. The van der Waals surface area contributed by atoms with Crippen molar-refractivity contribution in [3.05, 3.63) is 66.6 Å². The highest BCUT2D eigenvalue weighted by Crippen LogP contribution is 2.32. The number of hydrogen-bond donors (Lipinski definition) is 3. The smallest absolute Gasteiger partial charge is 0.178 e. The summed E-state index contributed by atoms with van der Waals surface area (Å²) in [6.07, 6.45) is 8.65. The molecule has 0 aliphatic carbocycles. The summed E-state index contributed by atoms with van der Waals surface area (Å²) in [5.74, 6) is 0.710. The zero-order chi connectivity index (χ0) is 19.9. The van der Waals surface area contributed by atoms with E-state index in [0.29, 0.717) is 11.5 Å². The van der Waals surface area contributed by atoms with Crippen molar-refractivity contribution in [2.45, 2.75) is 6.42 Å². The number of fused-ring (bicyclic) bond motifs is 2. The molecule has 0 saturated heterocycles. The minimum Gasteiger partial charge on any atom is -0.335 e. The Morgan fingerprint density at radius 1 is 0.933 bits per heavy atom. The molecule has 0 fully saturated rings. The van der Waals surface area contributed by atoms with Crippen LogP contribution in [0.3, 0.4) is 0 Å². The van der Waals surface area contributed by atoms with Crippen molar-refractivity contribution in [2.24, 2.45) is 0 Å². The van der Waals surface area contributed by atoms with Gasteiger partial charge in [0.25, 0.3) is 0 Å². The molecule has 5 aromatic rings. The lowest BCUT2D eigenvalue weighted by atomic mass is 9.98. The Kier molecular flexibility index (Phi) is 3.92. The highest BCUT2D eigenvalue weighted by Gasteiger charge is 2.16. The normalized spacial score (nSPS) is 14.3. The molecule has 30 heavy (non-hydrogen) atoms. The summed E-state index contributed by atoms with van der Waals surface area (Å²) >= 11 is 0. The number of benzene rings is 1. The van der Waals surface area contributed by atoms with Crippen LogP contribution in [-0.2, 0) is 0 Å². The third-order valence-electron chi connectivity index (χ3n) is 5.61. The molecule has 3 N–H and O–H groups in total. The molecule has 1 aromatic carbocycles. The van der Waals surface area contributed by atoms with Crippen LogP contribution in [0.15, 0.2) is 61.1 Å². The third-order valence-corrected chi connectivity index (χ3v) is 5.61. The van der Waals surface area contributed by atoms with Crippen molar-refractivity contribution in [1.82, 2.24) is 35.5 Å². The van der Waals surface area contributed by atoms with Gasteiger partial charge in [-0.25, -0.2) is 9.97 Å². The van der Waals surface area contributed by atoms with Crippen LogP contribution in [-0.4, -0.2) is 43.2 Å². The summed E-state index contributed by atoms with van der Waals surface area (Å²) in [7, 11) is 0. The van der Waals surface area contributed by atoms with Crippen LogP contribution in [0.4, 0.5) is 0 Å². The zero-order valence-corrected chi connectivity index (χ0v) is 16.2. The largest absolute Gasteiger partial charge is 0.335 e. The number of aromatic nitrogens is 6. The quantitative estimate of drug-likeness (QED) is 0.432. The van der Waals surface area contributed by atoms with E-state index in [1.807, 2.05) is 18.2 Å². The van der Waals surface area contributed by atoms with Crippen molar-refractivity contribution in [3.8, 4) is 22.6 Å². The average Bonchev–Trinajstić information content (AvgIpc) is 3.43. The molecule has 4 aromatic heterocycles. The average molecular weight is 393 g/mol. The van der Waals surface area contributed by atoms with E-state index in [1.165, 1.54) is 11.1 Å². The van der Waals surface area contributed by atoms with Gasteiger partial charge in [0.2, 0.25) is 0 Å². The molecular weight excluding hydrogens is 374 g/mol. The van der Waals surface area contributed by atoms with E-state index in [2.05, 4.69) is 54.7 Å². The molecule has 5 heterocycles. The number of hydrogen-bond acceptors (Lipinski definition) is 5. The first-order chi connectivity index (χ1) is 14.9. The van der Waals surface area contributed by atoms with Crippen molar-refractivity contribution < 1.29 is 0 Å². The van der Waals surface area contributed by atoms with Crippen molar-refractivity contribution >= 4 is 27.6 Å². The molecule has 1 aliphatic rings. The fraction of sp³-hybridized carbons (Fsp3) is 0.130. The van der Waals surface area contributed by atoms with Crippen molar-refractivity contribution in [2.75, 3.05) is 13.1 Å². The Bertz CT molecular complexity index is 1400. The lowest BCUT2D eigenvalue weighted by molar-refractivity contribution is 0.739. The molecule has 0 amide bonds. The fourth-order valence-corrected chi connectivity index (χ4v) is 4.07. The summed E-state index contributed by atoms with van der Waals surface area (Å²) < 4.78 is 0. The molecule has 7 heteroatoms. The van der Waals surface area contributed by atoms with Gasteiger partial charge in [-0.05, 0) is 60.0 Å². The van der Waals surface area contributed by atoms with Gasteiger partial charge >= 0.3 is 0 Å². The highest BCUT2D eigenvalue weighted by molar-refractivity contribution is 5.97. The maximum Gasteiger partial charge on any atom is 0.178 e. The second-order valence-corrected chi connectivity index (χ2v) is 7.39. The molecule has 0 unspecified atom stereocenters. The summed E-state index contributed by atoms with van der Waals surface area (Å²) in [6, 6.07) is 12.4. The van der Waals surface area contributed by atoms with Gasteiger partial charge in [-0.15, -0.1) is 0 Å². The Labute approximate surface area is 172 Å². The minimum atomic E-state index is 0.674. The predicted octanol–water partition coefficient (Wildman–Crippen LogP) is 3.94. The maximum atomic E-state index is 4.74. The molecule has 0 saturated carbocycles. The second-order valence-electron chi connectivity index (χ2n) is 7.39. The maximum absolute atomic E-state index is 4.74. The number of nitrogens with one attached hydrogen (secondary N) is 3. The van der Waals surface area contributed by atoms with Gasteiger partial charge in [0.1, 0.15) is 5.69 Å². The highest BCUT2D eigenvalue weighted by atomic mass is 15.1. The van der Waals surface area contributed by atoms with E-state index in [4.69, 9.17) is 4.98 Å². The lowest BCUT2D eigenvalue weighted by Crippen LogP contribution is -2.19. The van der Waals surface area contributed by atoms with Crippen LogP contribution in [0.2, 0.25) is 0 Å². The molecule has 0 atom stereocenters. The number of imidazole rings is 1. The molecule has 6 rings (SSSR count). The Morgan fingerprint density at radius 2 is 1.87 bits per heavy atom. The zero-order valence-electron chi connectivity index (χ0n) is 16.2. The van der Waals surface area contributed by atoms with Crippen LogP contribution in [0.5, 0.6) is 0 Å². The molecule has 0 radical (unpaired) electrons. The topological polar surface area (TPSA) is 95.2 Å². The van der Waals surface area contributed by atoms with E-state index in [1.54, 1.807) is 18.6 Å². The van der Waals surface area contributed by atoms with Gasteiger partial charge in [-0.3, -0.25) is 10.1 Å². The first-order valence-electron chi connectivity index (χ1n) is 10.0. The van der Waals surface area contributed by atoms with E-state index >= 15 is 0 Å². The Morgan fingerprint density at radius 3 is 2.73 bits per heavy atom. The Balaban J connectivity index is 1.50. The van der Waals surface area contributed by atoms with Crippen molar-refractivity contribution in [1.29, 1.82) is 0 Å². The lowest BCUT2D eigenvalue weighted by Gasteiger charge is -2.14. The molecular formula is C23H19N7. The number of aromatic amines is 2. The van der Waals surface area contributed by atoms with Gasteiger partial charge in [0.05, 0.1) is 11.0 Å². The molecule has 0 bridgehead atoms. The van der Waals surface area contributed by atoms with Crippen LogP contribution in [0, 0.1) is 0 Å². The second kappa shape index (κ2) is 6.89. The first kappa shape index (κ1) is 17.1. The molecule has 0 spiro atoms. The molecule has 146 valence electrons. The van der Waals surface area contributed by atoms with Gasteiger partial charge in [-0.2, -0.15) is 5.10 Å². The number of rotatable bonds is 3. The van der Waals surface area contributed by atoms with Gasteiger partial charge in [0.15, 0.2) is 11.5 Å². The van der Waals surface area contributed by atoms with Gasteiger partial charge in [-0.1, -0.05) is 12.1 Å². The third kappa shape index (κ3) is 2.79. The van der Waals surface area contributed by atoms with Crippen LogP contribution >= 0.6 is 0 Å². The molecule has 1 aliphatic heterocycles. The van der Waals surface area contributed by atoms with Crippen LogP contribution < -0.4 is 5.32 Å². The van der Waals surface area contributed by atoms with Gasteiger partial charge < -0.3 is 10.3 Å². The molecule has 7 nitrogen and oxygen atoms in total. The monoisotopic (exact) mass is 393 g/mol. The summed E-state index contributed by atoms with van der Waals surface area (Å²) in [5.41, 5.74) is 8.08. The number of pyridine rings is 2. The van der Waals surface area contributed by atoms with E-state index in [9.17, 15) is 0 Å². The fourth-order valence-electron chi connectivity index (χ4n) is 4.07. The predicted molar refractivity (Wildman–Crippen MR) is 118 cm³/mol. The minimum absolute atomic E-state index is 0.674. The van der Waals surface area contributed by atoms with E-state index in [-0.39, 0.29) is 0 Å². The van der Waals surface area contributed by atoms with Crippen molar-refractivity contribution in [3.63, 3.8) is 0 Å². The summed E-state index contributed by atoms with van der Waals surface area (Å²) in [5, 5.41) is 12.1.